The molecule has 10 heteroatoms. The summed E-state index contributed by atoms with van der Waals surface area (Å²) in [4.78, 5) is 18.9. The van der Waals surface area contributed by atoms with Gasteiger partial charge in [-0.2, -0.15) is 9.29 Å². The van der Waals surface area contributed by atoms with Gasteiger partial charge in [-0.15, -0.1) is 0 Å². The third kappa shape index (κ3) is 6.85. The summed E-state index contributed by atoms with van der Waals surface area (Å²) in [5, 5.41) is 4.15. The molecule has 1 aliphatic carbocycles. The van der Waals surface area contributed by atoms with Crippen molar-refractivity contribution in [3.05, 3.63) is 41.7 Å². The molecule has 9 nitrogen and oxygen atoms in total. The van der Waals surface area contributed by atoms with Gasteiger partial charge in [-0.3, -0.25) is 0 Å². The minimum Gasteiger partial charge on any atom is -0.443 e. The van der Waals surface area contributed by atoms with Crippen molar-refractivity contribution in [2.24, 2.45) is 5.92 Å². The summed E-state index contributed by atoms with van der Waals surface area (Å²) >= 11 is 0. The van der Waals surface area contributed by atoms with Gasteiger partial charge in [0.25, 0.3) is 0 Å². The van der Waals surface area contributed by atoms with E-state index in [9.17, 15) is 13.2 Å². The van der Waals surface area contributed by atoms with Gasteiger partial charge in [0.05, 0.1) is 18.3 Å². The molecule has 2 fully saturated rings. The molecule has 2 aliphatic rings. The van der Waals surface area contributed by atoms with Crippen molar-refractivity contribution in [3.63, 3.8) is 0 Å². The van der Waals surface area contributed by atoms with E-state index < -0.39 is 27.8 Å². The van der Waals surface area contributed by atoms with Crippen LogP contribution in [0.1, 0.15) is 89.6 Å². The number of amides is 1. The van der Waals surface area contributed by atoms with Crippen LogP contribution in [0, 0.1) is 5.92 Å². The van der Waals surface area contributed by atoms with E-state index in [4.69, 9.17) is 9.26 Å². The maximum Gasteiger partial charge on any atom is 0.418 e. The number of aromatic nitrogens is 2. The lowest BCUT2D eigenvalue weighted by molar-refractivity contribution is 0.0567. The van der Waals surface area contributed by atoms with Crippen molar-refractivity contribution in [2.75, 3.05) is 17.2 Å². The molecule has 1 aromatic carbocycles. The molecule has 0 unspecified atom stereocenters. The van der Waals surface area contributed by atoms with E-state index in [-0.39, 0.29) is 24.2 Å². The monoisotopic (exact) mass is 518 g/mol. The van der Waals surface area contributed by atoms with Crippen molar-refractivity contribution < 1.29 is 22.5 Å². The minimum absolute atomic E-state index is 0.00157. The van der Waals surface area contributed by atoms with Gasteiger partial charge >= 0.3 is 12.1 Å². The first-order valence-electron chi connectivity index (χ1n) is 13.0. The van der Waals surface area contributed by atoms with Gasteiger partial charge in [0.1, 0.15) is 5.60 Å². The summed E-state index contributed by atoms with van der Waals surface area (Å²) in [6.07, 6.45) is 7.02. The largest absolute Gasteiger partial charge is 0.443 e. The number of piperidine rings is 1. The van der Waals surface area contributed by atoms with E-state index in [1.54, 1.807) is 25.1 Å². The number of benzene rings is 1. The molecule has 2 heterocycles. The summed E-state index contributed by atoms with van der Waals surface area (Å²) in [6, 6.07) is 8.97. The van der Waals surface area contributed by atoms with Crippen LogP contribution in [0.2, 0.25) is 0 Å². The quantitative estimate of drug-likeness (QED) is 0.480. The normalized spacial score (nSPS) is 20.2. The predicted octanol–water partition coefficient (Wildman–Crippen LogP) is 5.45. The average molecular weight is 519 g/mol. The maximum absolute atomic E-state index is 13.4. The molecular formula is C26H38N4O5S. The second kappa shape index (κ2) is 11.3. The van der Waals surface area contributed by atoms with Crippen LogP contribution in [-0.2, 0) is 21.3 Å². The first kappa shape index (κ1) is 26.6. The predicted molar refractivity (Wildman–Crippen MR) is 137 cm³/mol. The van der Waals surface area contributed by atoms with E-state index in [0.29, 0.717) is 18.8 Å². The van der Waals surface area contributed by atoms with Crippen molar-refractivity contribution >= 4 is 22.1 Å². The van der Waals surface area contributed by atoms with Crippen LogP contribution in [0.25, 0.3) is 0 Å². The number of nitrogens with zero attached hydrogens (tertiary/aromatic N) is 4. The third-order valence-corrected chi connectivity index (χ3v) is 8.78. The highest BCUT2D eigenvalue weighted by atomic mass is 32.2. The fourth-order valence-corrected chi connectivity index (χ4v) is 7.12. The Morgan fingerprint density at radius 2 is 1.78 bits per heavy atom. The van der Waals surface area contributed by atoms with Gasteiger partial charge in [-0.05, 0) is 57.9 Å². The molecule has 1 amide bonds. The van der Waals surface area contributed by atoms with E-state index in [1.807, 2.05) is 30.3 Å². The third-order valence-electron chi connectivity index (χ3n) is 6.74. The lowest BCUT2D eigenvalue weighted by Crippen LogP contribution is -2.41. The molecule has 1 atom stereocenters. The Hall–Kier alpha value is -2.46. The van der Waals surface area contributed by atoms with E-state index in [0.717, 1.165) is 44.1 Å². The minimum atomic E-state index is -3.47. The van der Waals surface area contributed by atoms with Crippen LogP contribution in [0.3, 0.4) is 0 Å². The molecule has 0 N–H and O–H groups in total. The average Bonchev–Trinajstić information content (AvgIpc) is 3.32. The molecular weight excluding hydrogens is 480 g/mol. The Morgan fingerprint density at radius 3 is 2.47 bits per heavy atom. The summed E-state index contributed by atoms with van der Waals surface area (Å²) < 4.78 is 39.6. The molecule has 36 heavy (non-hydrogen) atoms. The number of hydrogen-bond acceptors (Lipinski definition) is 7. The highest BCUT2D eigenvalue weighted by Gasteiger charge is 2.38. The molecule has 1 aromatic heterocycles. The highest BCUT2D eigenvalue weighted by Crippen LogP contribution is 2.35. The van der Waals surface area contributed by atoms with Crippen LogP contribution >= 0.6 is 0 Å². The van der Waals surface area contributed by atoms with Crippen LogP contribution in [0.4, 0.5) is 10.8 Å². The number of ether oxygens (including phenoxy) is 1. The first-order chi connectivity index (χ1) is 17.1. The summed E-state index contributed by atoms with van der Waals surface area (Å²) in [5.41, 5.74) is 0.167. The zero-order valence-electron chi connectivity index (χ0n) is 21.6. The van der Waals surface area contributed by atoms with Gasteiger partial charge in [0, 0.05) is 6.54 Å². The molecule has 2 aromatic rings. The Bertz CT molecular complexity index is 1110. The van der Waals surface area contributed by atoms with Crippen molar-refractivity contribution in [1.29, 1.82) is 0 Å². The summed E-state index contributed by atoms with van der Waals surface area (Å²) in [7, 11) is -3.47. The smallest absolute Gasteiger partial charge is 0.418 e. The lowest BCUT2D eigenvalue weighted by atomic mass is 9.91. The maximum atomic E-state index is 13.4. The van der Waals surface area contributed by atoms with E-state index in [2.05, 4.69) is 10.1 Å². The number of rotatable bonds is 7. The molecule has 1 saturated heterocycles. The molecule has 0 bridgehead atoms. The second-order valence-corrected chi connectivity index (χ2v) is 12.9. The Balaban J connectivity index is 1.57. The Morgan fingerprint density at radius 1 is 1.08 bits per heavy atom. The van der Waals surface area contributed by atoms with Gasteiger partial charge < -0.3 is 9.26 Å². The molecule has 0 radical (unpaired) electrons. The molecule has 1 aliphatic heterocycles. The van der Waals surface area contributed by atoms with Gasteiger partial charge in [-0.25, -0.2) is 18.1 Å². The lowest BCUT2D eigenvalue weighted by Gasteiger charge is -2.34. The highest BCUT2D eigenvalue weighted by molar-refractivity contribution is 7.89. The van der Waals surface area contributed by atoms with E-state index >= 15 is 0 Å². The van der Waals surface area contributed by atoms with Crippen LogP contribution < -0.4 is 4.90 Å². The summed E-state index contributed by atoms with van der Waals surface area (Å²) in [6.45, 7) is 6.01. The standard InChI is InChI=1S/C26H38N4O5S/c1-26(2,3)34-25(31)29(18-20-12-6-4-7-13-20)24-27-23(28-35-24)22-16-10-11-17-30(22)36(32,33)19-21-14-8-5-9-15-21/h4,6-7,12-13,21-22H,5,8-11,14-19H2,1-3H3/t22-/m0/s1. The topological polar surface area (TPSA) is 106 Å². The van der Waals surface area contributed by atoms with Gasteiger partial charge in [0.2, 0.25) is 10.0 Å². The van der Waals surface area contributed by atoms with Crippen LogP contribution in [0.5, 0.6) is 0 Å². The second-order valence-electron chi connectivity index (χ2n) is 10.9. The van der Waals surface area contributed by atoms with E-state index in [1.165, 1.54) is 11.3 Å². The number of hydrogen-bond donors (Lipinski definition) is 0. The van der Waals surface area contributed by atoms with Crippen LogP contribution in [0.15, 0.2) is 34.9 Å². The fourth-order valence-electron chi connectivity index (χ4n) is 5.01. The number of carbonyl (C=O) groups excluding carboxylic acids is 1. The van der Waals surface area contributed by atoms with Gasteiger partial charge in [-0.1, -0.05) is 61.2 Å². The number of carbonyl (C=O) groups is 1. The van der Waals surface area contributed by atoms with Crippen molar-refractivity contribution in [3.8, 4) is 0 Å². The molecule has 0 spiro atoms. The zero-order chi connectivity index (χ0) is 25.8. The molecule has 4 rings (SSSR count). The molecule has 198 valence electrons. The Kier molecular flexibility index (Phi) is 8.34. The fraction of sp³-hybridized carbons (Fsp3) is 0.654. The van der Waals surface area contributed by atoms with Gasteiger partial charge in [0.15, 0.2) is 5.82 Å². The van der Waals surface area contributed by atoms with Crippen molar-refractivity contribution in [1.82, 2.24) is 14.4 Å². The SMILES string of the molecule is CC(C)(C)OC(=O)N(Cc1ccccc1)c1nc([C@@H]2CCCCN2S(=O)(=O)CC2CCCCC2)no1. The van der Waals surface area contributed by atoms with Crippen molar-refractivity contribution in [2.45, 2.75) is 90.3 Å². The number of sulfonamides is 1. The number of anilines is 1. The molecule has 1 saturated carbocycles. The van der Waals surface area contributed by atoms with Crippen LogP contribution in [-0.4, -0.2) is 46.9 Å². The zero-order valence-corrected chi connectivity index (χ0v) is 22.4. The first-order valence-corrected chi connectivity index (χ1v) is 14.6. The Labute approximate surface area is 214 Å². The summed E-state index contributed by atoms with van der Waals surface area (Å²) in [5.74, 6) is 0.672.